The highest BCUT2D eigenvalue weighted by molar-refractivity contribution is 4.84. The fourth-order valence-electron chi connectivity index (χ4n) is 1.06. The van der Waals surface area contributed by atoms with Crippen molar-refractivity contribution in [2.24, 2.45) is 0 Å². The van der Waals surface area contributed by atoms with Gasteiger partial charge in [-0.05, 0) is 25.8 Å². The first kappa shape index (κ1) is 10.5. The summed E-state index contributed by atoms with van der Waals surface area (Å²) in [5.74, 6) is 0.459. The van der Waals surface area contributed by atoms with E-state index >= 15 is 0 Å². The number of unbranched alkanes of at least 4 members (excludes halogenated alkanes) is 5. The number of aliphatic hydroxyl groups is 1. The van der Waals surface area contributed by atoms with Gasteiger partial charge < -0.3 is 5.11 Å². The van der Waals surface area contributed by atoms with Gasteiger partial charge in [0.05, 0.1) is 5.76 Å². The molecule has 0 aromatic heterocycles. The zero-order chi connectivity index (χ0) is 8.53. The standard InChI is InChI=1S/C10H20O/c1-3-4-5-6-7-8-9-10(2)11/h9,11H,3-8H2,1-2H3/b10-9-. The van der Waals surface area contributed by atoms with Gasteiger partial charge in [0, 0.05) is 0 Å². The van der Waals surface area contributed by atoms with E-state index in [1.54, 1.807) is 6.92 Å². The van der Waals surface area contributed by atoms with Crippen LogP contribution in [0.4, 0.5) is 0 Å². The lowest BCUT2D eigenvalue weighted by Crippen LogP contribution is -1.77. The summed E-state index contributed by atoms with van der Waals surface area (Å²) in [6, 6.07) is 0. The van der Waals surface area contributed by atoms with E-state index < -0.39 is 0 Å². The number of hydrogen-bond donors (Lipinski definition) is 1. The Balaban J connectivity index is 2.97. The number of hydrogen-bond acceptors (Lipinski definition) is 1. The second-order valence-corrected chi connectivity index (χ2v) is 3.05. The van der Waals surface area contributed by atoms with Crippen LogP contribution in [0.25, 0.3) is 0 Å². The Bertz CT molecular complexity index is 101. The topological polar surface area (TPSA) is 20.2 Å². The van der Waals surface area contributed by atoms with Crippen LogP contribution in [0.15, 0.2) is 11.8 Å². The fraction of sp³-hybridized carbons (Fsp3) is 0.800. The predicted molar refractivity (Wildman–Crippen MR) is 49.8 cm³/mol. The van der Waals surface area contributed by atoms with Gasteiger partial charge in [0.25, 0.3) is 0 Å². The highest BCUT2D eigenvalue weighted by atomic mass is 16.3. The van der Waals surface area contributed by atoms with Gasteiger partial charge in [-0.3, -0.25) is 0 Å². The molecule has 1 heteroatoms. The molecule has 66 valence electrons. The van der Waals surface area contributed by atoms with Gasteiger partial charge in [-0.15, -0.1) is 0 Å². The van der Waals surface area contributed by atoms with E-state index in [-0.39, 0.29) is 0 Å². The lowest BCUT2D eigenvalue weighted by Gasteiger charge is -1.96. The van der Waals surface area contributed by atoms with Crippen molar-refractivity contribution in [1.29, 1.82) is 0 Å². The SMILES string of the molecule is CCCCCCC/C=C(/C)O. The summed E-state index contributed by atoms with van der Waals surface area (Å²) in [4.78, 5) is 0. The molecule has 0 aromatic rings. The van der Waals surface area contributed by atoms with Gasteiger partial charge in [-0.25, -0.2) is 0 Å². The Morgan fingerprint density at radius 2 is 1.82 bits per heavy atom. The summed E-state index contributed by atoms with van der Waals surface area (Å²) in [7, 11) is 0. The molecule has 0 rings (SSSR count). The minimum absolute atomic E-state index is 0.459. The van der Waals surface area contributed by atoms with Gasteiger partial charge in [-0.1, -0.05) is 32.6 Å². The van der Waals surface area contributed by atoms with Crippen molar-refractivity contribution in [2.75, 3.05) is 0 Å². The zero-order valence-electron chi connectivity index (χ0n) is 7.77. The summed E-state index contributed by atoms with van der Waals surface area (Å²) in [5, 5.41) is 8.82. The molecule has 0 fully saturated rings. The van der Waals surface area contributed by atoms with Crippen LogP contribution >= 0.6 is 0 Å². The molecule has 1 N–H and O–H groups in total. The summed E-state index contributed by atoms with van der Waals surface area (Å²) in [5.41, 5.74) is 0. The second-order valence-electron chi connectivity index (χ2n) is 3.05. The first-order valence-electron chi connectivity index (χ1n) is 4.63. The molecule has 0 aliphatic carbocycles. The van der Waals surface area contributed by atoms with Crippen LogP contribution in [0.3, 0.4) is 0 Å². The zero-order valence-corrected chi connectivity index (χ0v) is 7.77. The Morgan fingerprint density at radius 3 is 2.36 bits per heavy atom. The van der Waals surface area contributed by atoms with Crippen LogP contribution in [0.1, 0.15) is 52.4 Å². The third kappa shape index (κ3) is 9.54. The predicted octanol–water partition coefficient (Wildman–Crippen LogP) is 3.81. The van der Waals surface area contributed by atoms with Crippen LogP contribution < -0.4 is 0 Å². The highest BCUT2D eigenvalue weighted by Gasteiger charge is 1.87. The smallest absolute Gasteiger partial charge is 0.0851 e. The molecular weight excluding hydrogens is 136 g/mol. The summed E-state index contributed by atoms with van der Waals surface area (Å²) >= 11 is 0. The van der Waals surface area contributed by atoms with E-state index in [0.717, 1.165) is 6.42 Å². The van der Waals surface area contributed by atoms with Gasteiger partial charge in [0.2, 0.25) is 0 Å². The molecule has 0 radical (unpaired) electrons. The maximum atomic E-state index is 8.82. The van der Waals surface area contributed by atoms with Crippen molar-refractivity contribution < 1.29 is 5.11 Å². The molecule has 0 atom stereocenters. The Morgan fingerprint density at radius 1 is 1.18 bits per heavy atom. The lowest BCUT2D eigenvalue weighted by atomic mass is 10.1. The molecule has 0 aromatic carbocycles. The number of aliphatic hydroxyl groups excluding tert-OH is 1. The summed E-state index contributed by atoms with van der Waals surface area (Å²) < 4.78 is 0. The molecule has 0 saturated heterocycles. The quantitative estimate of drug-likeness (QED) is 0.458. The molecule has 0 heterocycles. The Labute approximate surface area is 70.1 Å². The largest absolute Gasteiger partial charge is 0.513 e. The molecule has 0 saturated carbocycles. The molecule has 0 bridgehead atoms. The molecule has 1 nitrogen and oxygen atoms in total. The fourth-order valence-corrected chi connectivity index (χ4v) is 1.06. The lowest BCUT2D eigenvalue weighted by molar-refractivity contribution is 0.410. The Kier molecular flexibility index (Phi) is 7.33. The van der Waals surface area contributed by atoms with Gasteiger partial charge >= 0.3 is 0 Å². The molecule has 0 amide bonds. The molecule has 0 unspecified atom stereocenters. The van der Waals surface area contributed by atoms with Gasteiger partial charge in [0.1, 0.15) is 0 Å². The van der Waals surface area contributed by atoms with Crippen molar-refractivity contribution in [3.63, 3.8) is 0 Å². The van der Waals surface area contributed by atoms with Crippen molar-refractivity contribution in [2.45, 2.75) is 52.4 Å². The maximum Gasteiger partial charge on any atom is 0.0851 e. The van der Waals surface area contributed by atoms with E-state index in [4.69, 9.17) is 5.11 Å². The van der Waals surface area contributed by atoms with E-state index in [1.165, 1.54) is 32.1 Å². The minimum Gasteiger partial charge on any atom is -0.513 e. The highest BCUT2D eigenvalue weighted by Crippen LogP contribution is 2.05. The van der Waals surface area contributed by atoms with E-state index in [9.17, 15) is 0 Å². The average Bonchev–Trinajstić information content (AvgIpc) is 1.96. The van der Waals surface area contributed by atoms with Crippen molar-refractivity contribution in [3.8, 4) is 0 Å². The van der Waals surface area contributed by atoms with Crippen molar-refractivity contribution in [1.82, 2.24) is 0 Å². The van der Waals surface area contributed by atoms with Crippen LogP contribution in [0.2, 0.25) is 0 Å². The van der Waals surface area contributed by atoms with Crippen LogP contribution in [-0.4, -0.2) is 5.11 Å². The molecule has 0 aliphatic rings. The third-order valence-corrected chi connectivity index (χ3v) is 1.75. The summed E-state index contributed by atoms with van der Waals surface area (Å²) in [6.07, 6.45) is 9.44. The second kappa shape index (κ2) is 7.64. The minimum atomic E-state index is 0.459. The van der Waals surface area contributed by atoms with Crippen molar-refractivity contribution >= 4 is 0 Å². The number of rotatable bonds is 6. The van der Waals surface area contributed by atoms with Gasteiger partial charge in [0.15, 0.2) is 0 Å². The van der Waals surface area contributed by atoms with E-state index in [1.807, 2.05) is 6.08 Å². The third-order valence-electron chi connectivity index (χ3n) is 1.75. The molecular formula is C10H20O. The first-order valence-corrected chi connectivity index (χ1v) is 4.63. The average molecular weight is 156 g/mol. The first-order chi connectivity index (χ1) is 5.27. The van der Waals surface area contributed by atoms with E-state index in [0.29, 0.717) is 5.76 Å². The van der Waals surface area contributed by atoms with Crippen LogP contribution in [0.5, 0.6) is 0 Å². The van der Waals surface area contributed by atoms with E-state index in [2.05, 4.69) is 6.92 Å². The number of allylic oxidation sites excluding steroid dienone is 2. The van der Waals surface area contributed by atoms with Crippen LogP contribution in [-0.2, 0) is 0 Å². The van der Waals surface area contributed by atoms with Gasteiger partial charge in [-0.2, -0.15) is 0 Å². The summed E-state index contributed by atoms with van der Waals surface area (Å²) in [6.45, 7) is 3.95. The van der Waals surface area contributed by atoms with Crippen LogP contribution in [0, 0.1) is 0 Å². The molecule has 0 spiro atoms. The Hall–Kier alpha value is -0.460. The normalized spacial score (nSPS) is 12.0. The maximum absolute atomic E-state index is 8.82. The molecule has 11 heavy (non-hydrogen) atoms. The molecule has 0 aliphatic heterocycles. The monoisotopic (exact) mass is 156 g/mol. The van der Waals surface area contributed by atoms with Crippen molar-refractivity contribution in [3.05, 3.63) is 11.8 Å².